The van der Waals surface area contributed by atoms with Crippen LogP contribution in [0.25, 0.3) is 11.4 Å². The highest BCUT2D eigenvalue weighted by atomic mass is 16.6. The Kier molecular flexibility index (Phi) is 8.13. The molecule has 0 atom stereocenters. The lowest BCUT2D eigenvalue weighted by atomic mass is 10.0. The molecule has 1 aliphatic heterocycles. The zero-order valence-electron chi connectivity index (χ0n) is 23.8. The molecule has 1 aromatic heterocycles. The van der Waals surface area contributed by atoms with E-state index in [9.17, 15) is 19.2 Å². The van der Waals surface area contributed by atoms with Crippen molar-refractivity contribution >= 4 is 23.8 Å². The van der Waals surface area contributed by atoms with Crippen LogP contribution in [-0.2, 0) is 9.53 Å². The lowest BCUT2D eigenvalue weighted by molar-refractivity contribution is -0.122. The molecule has 40 heavy (non-hydrogen) atoms. The number of rotatable bonds is 7. The predicted molar refractivity (Wildman–Crippen MR) is 148 cm³/mol. The molecule has 1 saturated carbocycles. The summed E-state index contributed by atoms with van der Waals surface area (Å²) in [5.41, 5.74) is 5.06. The maximum Gasteiger partial charge on any atom is 0.410 e. The number of benzene rings is 1. The van der Waals surface area contributed by atoms with Gasteiger partial charge in [0.05, 0.1) is 5.56 Å². The van der Waals surface area contributed by atoms with Crippen molar-refractivity contribution in [3.05, 3.63) is 47.8 Å². The highest BCUT2D eigenvalue weighted by Gasteiger charge is 2.40. The number of hydrogen-bond donors (Lipinski definition) is 2. The first kappa shape index (κ1) is 29.0. The number of primary amides is 1. The Morgan fingerprint density at radius 2 is 1.45 bits per heavy atom. The molecule has 0 spiro atoms. The summed E-state index contributed by atoms with van der Waals surface area (Å²) in [4.78, 5) is 62.4. The zero-order chi connectivity index (χ0) is 29.2. The largest absolute Gasteiger partial charge is 0.444 e. The molecule has 3 N–H and O–H groups in total. The first-order chi connectivity index (χ1) is 18.7. The number of nitrogens with zero attached hydrogens (tertiary/aromatic N) is 4. The van der Waals surface area contributed by atoms with E-state index in [-0.39, 0.29) is 24.1 Å². The van der Waals surface area contributed by atoms with E-state index in [1.165, 1.54) is 26.2 Å². The number of carbonyl (C=O) groups excluding carboxylic acids is 4. The van der Waals surface area contributed by atoms with Crippen molar-refractivity contribution < 1.29 is 23.9 Å². The molecule has 11 nitrogen and oxygen atoms in total. The summed E-state index contributed by atoms with van der Waals surface area (Å²) in [6, 6.07) is 6.88. The van der Waals surface area contributed by atoms with E-state index in [1.54, 1.807) is 29.2 Å². The van der Waals surface area contributed by atoms with Crippen molar-refractivity contribution in [2.45, 2.75) is 83.5 Å². The average molecular weight is 551 g/mol. The molecule has 0 unspecified atom stereocenters. The minimum absolute atomic E-state index is 0.0385. The fourth-order valence-electron chi connectivity index (χ4n) is 4.56. The molecule has 1 aromatic carbocycles. The zero-order valence-corrected chi connectivity index (χ0v) is 23.8. The SMILES string of the molecule is CC(C)(C)OC(=O)N1CCC(N(C(=O)c2cnc(-c3ccc(C(=O)NC(C)(C)C(N)=O)cc3)nc2)C2CC2)CC1. The van der Waals surface area contributed by atoms with Gasteiger partial charge in [0.25, 0.3) is 11.8 Å². The van der Waals surface area contributed by atoms with Crippen LogP contribution in [0.2, 0.25) is 0 Å². The van der Waals surface area contributed by atoms with Crippen LogP contribution in [0.3, 0.4) is 0 Å². The summed E-state index contributed by atoms with van der Waals surface area (Å²) in [5, 5.41) is 2.61. The molecular formula is C29H38N6O5. The van der Waals surface area contributed by atoms with Crippen LogP contribution in [0, 0.1) is 0 Å². The van der Waals surface area contributed by atoms with Gasteiger partial charge in [-0.2, -0.15) is 0 Å². The minimum atomic E-state index is -1.18. The van der Waals surface area contributed by atoms with Crippen molar-refractivity contribution in [1.29, 1.82) is 0 Å². The molecule has 0 bridgehead atoms. The first-order valence-corrected chi connectivity index (χ1v) is 13.6. The Labute approximate surface area is 234 Å². The number of likely N-dealkylation sites (tertiary alicyclic amines) is 1. The molecule has 2 fully saturated rings. The van der Waals surface area contributed by atoms with E-state index in [0.717, 1.165) is 12.8 Å². The van der Waals surface area contributed by atoms with Crippen LogP contribution >= 0.6 is 0 Å². The van der Waals surface area contributed by atoms with Crippen molar-refractivity contribution in [3.63, 3.8) is 0 Å². The second-order valence-electron chi connectivity index (χ2n) is 12.0. The second-order valence-corrected chi connectivity index (χ2v) is 12.0. The van der Waals surface area contributed by atoms with Gasteiger partial charge in [0, 0.05) is 48.7 Å². The third-order valence-corrected chi connectivity index (χ3v) is 7.03. The molecule has 1 aliphatic carbocycles. The van der Waals surface area contributed by atoms with Crippen LogP contribution in [0.5, 0.6) is 0 Å². The monoisotopic (exact) mass is 550 g/mol. The summed E-state index contributed by atoms with van der Waals surface area (Å²) < 4.78 is 5.50. The number of carbonyl (C=O) groups is 4. The van der Waals surface area contributed by atoms with Crippen LogP contribution < -0.4 is 11.1 Å². The maximum atomic E-state index is 13.5. The molecule has 2 aliphatic rings. The first-order valence-electron chi connectivity index (χ1n) is 13.6. The summed E-state index contributed by atoms with van der Waals surface area (Å²) >= 11 is 0. The van der Waals surface area contributed by atoms with Gasteiger partial charge in [-0.05, 0) is 72.4 Å². The van der Waals surface area contributed by atoms with Crippen LogP contribution in [-0.4, -0.2) is 79.9 Å². The Morgan fingerprint density at radius 3 is 1.95 bits per heavy atom. The fraction of sp³-hybridized carbons (Fsp3) is 0.517. The molecular weight excluding hydrogens is 512 g/mol. The molecule has 2 heterocycles. The summed E-state index contributed by atoms with van der Waals surface area (Å²) in [5.74, 6) is -0.736. The number of aromatic nitrogens is 2. The van der Waals surface area contributed by atoms with E-state index < -0.39 is 23.0 Å². The quantitative estimate of drug-likeness (QED) is 0.538. The van der Waals surface area contributed by atoms with Gasteiger partial charge >= 0.3 is 6.09 Å². The number of amides is 4. The van der Waals surface area contributed by atoms with Crippen LogP contribution in [0.4, 0.5) is 4.79 Å². The summed E-state index contributed by atoms with van der Waals surface area (Å²) in [6.07, 6.45) is 6.06. The van der Waals surface area contributed by atoms with Crippen molar-refractivity contribution in [2.75, 3.05) is 13.1 Å². The minimum Gasteiger partial charge on any atom is -0.444 e. The Balaban J connectivity index is 1.39. The number of ether oxygens (including phenoxy) is 1. The lowest BCUT2D eigenvalue weighted by Gasteiger charge is -2.39. The topological polar surface area (TPSA) is 148 Å². The van der Waals surface area contributed by atoms with Gasteiger partial charge in [0.2, 0.25) is 5.91 Å². The van der Waals surface area contributed by atoms with Crippen LogP contribution in [0.1, 0.15) is 81.0 Å². The third-order valence-electron chi connectivity index (χ3n) is 7.03. The smallest absolute Gasteiger partial charge is 0.410 e. The molecule has 214 valence electrons. The van der Waals surface area contributed by atoms with E-state index in [2.05, 4.69) is 15.3 Å². The Morgan fingerprint density at radius 1 is 0.900 bits per heavy atom. The molecule has 11 heteroatoms. The number of nitrogens with two attached hydrogens (primary N) is 1. The van der Waals surface area contributed by atoms with Gasteiger partial charge in [-0.3, -0.25) is 14.4 Å². The predicted octanol–water partition coefficient (Wildman–Crippen LogP) is 3.14. The van der Waals surface area contributed by atoms with E-state index in [1.807, 2.05) is 25.7 Å². The van der Waals surface area contributed by atoms with Crippen molar-refractivity contribution in [3.8, 4) is 11.4 Å². The van der Waals surface area contributed by atoms with Gasteiger partial charge in [-0.15, -0.1) is 0 Å². The summed E-state index contributed by atoms with van der Waals surface area (Å²) in [7, 11) is 0. The van der Waals surface area contributed by atoms with E-state index in [0.29, 0.717) is 48.4 Å². The molecule has 1 saturated heterocycles. The lowest BCUT2D eigenvalue weighted by Crippen LogP contribution is -2.52. The number of piperidine rings is 1. The van der Waals surface area contributed by atoms with Crippen molar-refractivity contribution in [2.24, 2.45) is 5.73 Å². The highest BCUT2D eigenvalue weighted by molar-refractivity contribution is 5.99. The van der Waals surface area contributed by atoms with Gasteiger partial charge in [0.1, 0.15) is 11.1 Å². The third kappa shape index (κ3) is 6.94. The van der Waals surface area contributed by atoms with E-state index >= 15 is 0 Å². The Hall–Kier alpha value is -4.02. The van der Waals surface area contributed by atoms with Crippen molar-refractivity contribution in [1.82, 2.24) is 25.1 Å². The molecule has 0 radical (unpaired) electrons. The van der Waals surface area contributed by atoms with E-state index in [4.69, 9.17) is 10.5 Å². The summed E-state index contributed by atoms with van der Waals surface area (Å²) in [6.45, 7) is 9.70. The number of nitrogens with one attached hydrogen (secondary N) is 1. The fourth-order valence-corrected chi connectivity index (χ4v) is 4.56. The normalized spacial score (nSPS) is 16.3. The van der Waals surface area contributed by atoms with Gasteiger partial charge in [-0.1, -0.05) is 12.1 Å². The Bertz CT molecular complexity index is 1260. The van der Waals surface area contributed by atoms with Gasteiger partial charge in [-0.25, -0.2) is 14.8 Å². The van der Waals surface area contributed by atoms with Gasteiger partial charge in [0.15, 0.2) is 5.82 Å². The highest BCUT2D eigenvalue weighted by Crippen LogP contribution is 2.33. The average Bonchev–Trinajstić information content (AvgIpc) is 3.73. The number of hydrogen-bond acceptors (Lipinski definition) is 7. The second kappa shape index (κ2) is 11.2. The van der Waals surface area contributed by atoms with Gasteiger partial charge < -0.3 is 25.6 Å². The standard InChI is InChI=1S/C29H38N6O5/c1-28(2,3)40-27(39)34-14-12-22(13-15-34)35(21-10-11-21)25(37)20-16-31-23(32-17-20)18-6-8-19(9-7-18)24(36)33-29(4,5)26(30)38/h6-9,16-17,21-22H,10-15H2,1-5H3,(H2,30,38)(H,33,36). The van der Waals surface area contributed by atoms with Crippen LogP contribution in [0.15, 0.2) is 36.7 Å². The maximum absolute atomic E-state index is 13.5. The molecule has 4 amide bonds. The molecule has 2 aromatic rings. The molecule has 4 rings (SSSR count).